The lowest BCUT2D eigenvalue weighted by Gasteiger charge is -2.13. The summed E-state index contributed by atoms with van der Waals surface area (Å²) in [5.41, 5.74) is 9.20. The second kappa shape index (κ2) is 7.82. The van der Waals surface area contributed by atoms with Gasteiger partial charge in [-0.1, -0.05) is 17.8 Å². The predicted octanol–water partition coefficient (Wildman–Crippen LogP) is 2.52. The van der Waals surface area contributed by atoms with Gasteiger partial charge < -0.3 is 10.3 Å². The highest BCUT2D eigenvalue weighted by Gasteiger charge is 2.22. The Bertz CT molecular complexity index is 814. The number of aryl methyl sites for hydroxylation is 4. The molecule has 0 unspecified atom stereocenters. The molecule has 25 heavy (non-hydrogen) atoms. The molecule has 0 aliphatic rings. The van der Waals surface area contributed by atoms with Gasteiger partial charge in [0.15, 0.2) is 10.9 Å². The van der Waals surface area contributed by atoms with Crippen LogP contribution >= 0.6 is 11.8 Å². The first-order chi connectivity index (χ1) is 11.7. The summed E-state index contributed by atoms with van der Waals surface area (Å²) >= 11 is 1.37. The highest BCUT2D eigenvalue weighted by Crippen LogP contribution is 2.26. The van der Waals surface area contributed by atoms with Gasteiger partial charge in [0.25, 0.3) is 0 Å². The van der Waals surface area contributed by atoms with Gasteiger partial charge in [0, 0.05) is 25.5 Å². The van der Waals surface area contributed by atoms with Gasteiger partial charge in [-0.2, -0.15) is 0 Å². The number of benzene rings is 1. The van der Waals surface area contributed by atoms with Gasteiger partial charge in [0.1, 0.15) is 5.82 Å². The van der Waals surface area contributed by atoms with E-state index < -0.39 is 0 Å². The number of ketones is 1. The normalized spacial score (nSPS) is 12.2. The molecule has 1 aromatic heterocycles. The number of carbonyl (C=O) groups is 2. The zero-order valence-electron chi connectivity index (χ0n) is 15.3. The molecule has 0 saturated heterocycles. The Balaban J connectivity index is 2.14. The number of aromatic nitrogens is 3. The van der Waals surface area contributed by atoms with Crippen molar-refractivity contribution in [3.63, 3.8) is 0 Å². The summed E-state index contributed by atoms with van der Waals surface area (Å²) < 4.78 is 1.81. The number of nitrogens with two attached hydrogens (primary N) is 1. The zero-order chi connectivity index (χ0) is 18.7. The van der Waals surface area contributed by atoms with E-state index in [0.29, 0.717) is 17.4 Å². The average molecular weight is 360 g/mol. The number of carbonyl (C=O) groups excluding carboxylic acids is 2. The Kier molecular flexibility index (Phi) is 6.00. The number of thioether (sulfide) groups is 1. The number of Topliss-reactive ketones (excluding diaryl/α,β-unsaturated/α-hetero) is 1. The van der Waals surface area contributed by atoms with E-state index in [2.05, 4.69) is 10.2 Å². The van der Waals surface area contributed by atoms with Crippen molar-refractivity contribution in [1.29, 1.82) is 0 Å². The van der Waals surface area contributed by atoms with Crippen LogP contribution < -0.4 is 5.73 Å². The molecule has 0 fully saturated rings. The van der Waals surface area contributed by atoms with Gasteiger partial charge in [0.2, 0.25) is 5.91 Å². The van der Waals surface area contributed by atoms with Gasteiger partial charge in [-0.3, -0.25) is 9.59 Å². The molecule has 1 atom stereocenters. The van der Waals surface area contributed by atoms with Crippen LogP contribution in [-0.4, -0.2) is 31.7 Å². The molecule has 2 rings (SSSR count). The van der Waals surface area contributed by atoms with Crippen molar-refractivity contribution in [1.82, 2.24) is 14.8 Å². The van der Waals surface area contributed by atoms with Crippen molar-refractivity contribution in [3.05, 3.63) is 40.2 Å². The van der Waals surface area contributed by atoms with Gasteiger partial charge in [-0.15, -0.1) is 10.2 Å². The number of hydrogen-bond acceptors (Lipinski definition) is 5. The summed E-state index contributed by atoms with van der Waals surface area (Å²) in [5.74, 6) is 0.390. The quantitative estimate of drug-likeness (QED) is 0.605. The Hall–Kier alpha value is -2.15. The highest BCUT2D eigenvalue weighted by atomic mass is 32.2. The maximum absolute atomic E-state index is 12.8. The first-order valence-electron chi connectivity index (χ1n) is 8.16. The topological polar surface area (TPSA) is 90.9 Å². The molecule has 7 heteroatoms. The van der Waals surface area contributed by atoms with Gasteiger partial charge >= 0.3 is 0 Å². The molecular weight excluding hydrogens is 336 g/mol. The maximum atomic E-state index is 12.8. The molecule has 2 N–H and O–H groups in total. The molecule has 0 aliphatic carbocycles. The lowest BCUT2D eigenvalue weighted by atomic mass is 9.97. The molecule has 0 spiro atoms. The van der Waals surface area contributed by atoms with E-state index in [1.165, 1.54) is 17.3 Å². The molecule has 1 aromatic carbocycles. The van der Waals surface area contributed by atoms with E-state index in [-0.39, 0.29) is 23.4 Å². The van der Waals surface area contributed by atoms with Crippen LogP contribution in [0.3, 0.4) is 0 Å². The Morgan fingerprint density at radius 3 is 2.44 bits per heavy atom. The van der Waals surface area contributed by atoms with E-state index in [4.69, 9.17) is 5.73 Å². The number of amides is 1. The molecule has 134 valence electrons. The molecule has 0 bridgehead atoms. The van der Waals surface area contributed by atoms with Crippen molar-refractivity contribution in [2.24, 2.45) is 12.8 Å². The smallest absolute Gasteiger partial charge is 0.217 e. The lowest BCUT2D eigenvalue weighted by molar-refractivity contribution is -0.118. The first kappa shape index (κ1) is 19.2. The fourth-order valence-electron chi connectivity index (χ4n) is 2.56. The van der Waals surface area contributed by atoms with E-state index >= 15 is 0 Å². The van der Waals surface area contributed by atoms with Crippen LogP contribution in [0.5, 0.6) is 0 Å². The number of primary amides is 1. The fraction of sp³-hybridized carbons (Fsp3) is 0.444. The van der Waals surface area contributed by atoms with Crippen molar-refractivity contribution >= 4 is 23.5 Å². The molecule has 1 amide bonds. The SMILES string of the molecule is Cc1cc(C)c(C(=O)[C@H](C)Sc2nnc(CCC(N)=O)n2C)cc1C. The third-order valence-corrected chi connectivity index (χ3v) is 5.41. The third-order valence-electron chi connectivity index (χ3n) is 4.28. The Morgan fingerprint density at radius 1 is 1.16 bits per heavy atom. The molecule has 0 aliphatic heterocycles. The maximum Gasteiger partial charge on any atom is 0.217 e. The van der Waals surface area contributed by atoms with Crippen LogP contribution in [0.25, 0.3) is 0 Å². The van der Waals surface area contributed by atoms with E-state index in [1.807, 2.05) is 51.4 Å². The van der Waals surface area contributed by atoms with Crippen LogP contribution in [0.15, 0.2) is 17.3 Å². The van der Waals surface area contributed by atoms with Crippen molar-refractivity contribution in [2.45, 2.75) is 50.9 Å². The molecule has 6 nitrogen and oxygen atoms in total. The first-order valence-corrected chi connectivity index (χ1v) is 9.04. The molecule has 1 heterocycles. The third kappa shape index (κ3) is 4.48. The van der Waals surface area contributed by atoms with Crippen molar-refractivity contribution in [2.75, 3.05) is 0 Å². The fourth-order valence-corrected chi connectivity index (χ4v) is 3.46. The highest BCUT2D eigenvalue weighted by molar-refractivity contribution is 8.00. The van der Waals surface area contributed by atoms with E-state index in [1.54, 1.807) is 0 Å². The molecule has 0 saturated carbocycles. The van der Waals surface area contributed by atoms with Crippen LogP contribution in [0.2, 0.25) is 0 Å². The summed E-state index contributed by atoms with van der Waals surface area (Å²) in [4.78, 5) is 23.7. The average Bonchev–Trinajstić information content (AvgIpc) is 2.88. The second-order valence-electron chi connectivity index (χ2n) is 6.30. The minimum Gasteiger partial charge on any atom is -0.370 e. The summed E-state index contributed by atoms with van der Waals surface area (Å²) in [7, 11) is 1.83. The summed E-state index contributed by atoms with van der Waals surface area (Å²) in [6.07, 6.45) is 0.672. The number of rotatable bonds is 7. The van der Waals surface area contributed by atoms with E-state index in [0.717, 1.165) is 16.7 Å². The molecule has 2 aromatic rings. The van der Waals surface area contributed by atoms with Crippen LogP contribution in [0.4, 0.5) is 0 Å². The van der Waals surface area contributed by atoms with Crippen molar-refractivity contribution < 1.29 is 9.59 Å². The largest absolute Gasteiger partial charge is 0.370 e. The van der Waals surface area contributed by atoms with Crippen LogP contribution in [-0.2, 0) is 18.3 Å². The standard InChI is InChI=1S/C18H24N4O2S/c1-10-8-12(3)14(9-11(10)2)17(24)13(4)25-18-21-20-16(22(18)5)7-6-15(19)23/h8-9,13H,6-7H2,1-5H3,(H2,19,23)/t13-/m0/s1. The minimum atomic E-state index is -0.369. The van der Waals surface area contributed by atoms with Crippen molar-refractivity contribution in [3.8, 4) is 0 Å². The molecule has 0 radical (unpaired) electrons. The summed E-state index contributed by atoms with van der Waals surface area (Å²) in [6.45, 7) is 7.89. The zero-order valence-corrected chi connectivity index (χ0v) is 16.1. The van der Waals surface area contributed by atoms with Crippen LogP contribution in [0, 0.1) is 20.8 Å². The lowest BCUT2D eigenvalue weighted by Crippen LogP contribution is -2.16. The monoisotopic (exact) mass is 360 g/mol. The summed E-state index contributed by atoms with van der Waals surface area (Å²) in [5, 5.41) is 8.59. The Morgan fingerprint density at radius 2 is 1.80 bits per heavy atom. The predicted molar refractivity (Wildman–Crippen MR) is 98.8 cm³/mol. The van der Waals surface area contributed by atoms with Gasteiger partial charge in [-0.25, -0.2) is 0 Å². The van der Waals surface area contributed by atoms with Gasteiger partial charge in [0.05, 0.1) is 5.25 Å². The van der Waals surface area contributed by atoms with Crippen LogP contribution in [0.1, 0.15) is 46.2 Å². The Labute approximate surface area is 152 Å². The summed E-state index contributed by atoms with van der Waals surface area (Å²) in [6, 6.07) is 4.00. The van der Waals surface area contributed by atoms with Gasteiger partial charge in [-0.05, 0) is 50.5 Å². The number of hydrogen-bond donors (Lipinski definition) is 1. The molecular formula is C18H24N4O2S. The minimum absolute atomic E-state index is 0.0762. The second-order valence-corrected chi connectivity index (χ2v) is 7.61. The van der Waals surface area contributed by atoms with E-state index in [9.17, 15) is 9.59 Å². The number of nitrogens with zero attached hydrogens (tertiary/aromatic N) is 3.